The van der Waals surface area contributed by atoms with Crippen molar-refractivity contribution in [1.82, 2.24) is 0 Å². The first-order valence-corrected chi connectivity index (χ1v) is 6.66. The highest BCUT2D eigenvalue weighted by Crippen LogP contribution is 2.25. The molecular weight excluding hydrogens is 265 g/mol. The Labute approximate surface area is 118 Å². The summed E-state index contributed by atoms with van der Waals surface area (Å²) in [5, 5.41) is 4.53. The van der Waals surface area contributed by atoms with E-state index in [1.165, 1.54) is 5.56 Å². The molecule has 0 fully saturated rings. The van der Waals surface area contributed by atoms with Gasteiger partial charge in [0, 0.05) is 12.2 Å². The maximum Gasteiger partial charge on any atom is 0.0612 e. The summed E-state index contributed by atoms with van der Waals surface area (Å²) in [5.41, 5.74) is 2.32. The number of anilines is 1. The lowest BCUT2D eigenvalue weighted by molar-refractivity contribution is 0.805. The van der Waals surface area contributed by atoms with E-state index >= 15 is 0 Å². The summed E-state index contributed by atoms with van der Waals surface area (Å²) in [7, 11) is 0. The standard InChI is InChI=1S/C15H15Cl2N/c1-11(12-5-3-2-4-6-12)10-18-13-7-8-14(16)15(17)9-13/h2-9,11,18H,10H2,1H3. The van der Waals surface area contributed by atoms with Crippen LogP contribution in [0.2, 0.25) is 10.0 Å². The van der Waals surface area contributed by atoms with Crippen molar-refractivity contribution in [3.8, 4) is 0 Å². The molecule has 94 valence electrons. The van der Waals surface area contributed by atoms with Crippen molar-refractivity contribution in [3.63, 3.8) is 0 Å². The quantitative estimate of drug-likeness (QED) is 0.810. The zero-order chi connectivity index (χ0) is 13.0. The summed E-state index contributed by atoms with van der Waals surface area (Å²) >= 11 is 11.9. The fourth-order valence-corrected chi connectivity index (χ4v) is 2.07. The Kier molecular flexibility index (Phi) is 4.51. The Morgan fingerprint density at radius 2 is 1.72 bits per heavy atom. The van der Waals surface area contributed by atoms with Crippen molar-refractivity contribution >= 4 is 28.9 Å². The van der Waals surface area contributed by atoms with Crippen LogP contribution in [0.3, 0.4) is 0 Å². The van der Waals surface area contributed by atoms with Gasteiger partial charge >= 0.3 is 0 Å². The fraction of sp³-hybridized carbons (Fsp3) is 0.200. The van der Waals surface area contributed by atoms with Gasteiger partial charge in [0.15, 0.2) is 0 Å². The molecule has 0 aliphatic rings. The molecule has 1 unspecified atom stereocenters. The second kappa shape index (κ2) is 6.12. The van der Waals surface area contributed by atoms with Crippen molar-refractivity contribution in [3.05, 3.63) is 64.1 Å². The smallest absolute Gasteiger partial charge is 0.0612 e. The van der Waals surface area contributed by atoms with Gasteiger partial charge in [0.05, 0.1) is 10.0 Å². The topological polar surface area (TPSA) is 12.0 Å². The predicted molar refractivity (Wildman–Crippen MR) is 79.8 cm³/mol. The number of hydrogen-bond donors (Lipinski definition) is 1. The largest absolute Gasteiger partial charge is 0.384 e. The molecule has 1 N–H and O–H groups in total. The molecule has 2 aromatic carbocycles. The van der Waals surface area contributed by atoms with E-state index in [1.807, 2.05) is 18.2 Å². The normalized spacial score (nSPS) is 12.2. The van der Waals surface area contributed by atoms with Crippen LogP contribution < -0.4 is 5.32 Å². The van der Waals surface area contributed by atoms with Crippen LogP contribution in [-0.2, 0) is 0 Å². The molecule has 2 aromatic rings. The number of rotatable bonds is 4. The lowest BCUT2D eigenvalue weighted by Gasteiger charge is -2.14. The molecule has 0 radical (unpaired) electrons. The number of nitrogens with one attached hydrogen (secondary N) is 1. The molecule has 1 atom stereocenters. The van der Waals surface area contributed by atoms with Gasteiger partial charge in [0.1, 0.15) is 0 Å². The van der Waals surface area contributed by atoms with E-state index in [0.717, 1.165) is 12.2 Å². The van der Waals surface area contributed by atoms with E-state index in [9.17, 15) is 0 Å². The second-order valence-electron chi connectivity index (χ2n) is 4.32. The van der Waals surface area contributed by atoms with Gasteiger partial charge in [-0.25, -0.2) is 0 Å². The van der Waals surface area contributed by atoms with Gasteiger partial charge < -0.3 is 5.32 Å². The third-order valence-electron chi connectivity index (χ3n) is 2.90. The maximum atomic E-state index is 5.97. The summed E-state index contributed by atoms with van der Waals surface area (Å²) in [6.07, 6.45) is 0. The Bertz CT molecular complexity index is 511. The summed E-state index contributed by atoms with van der Waals surface area (Å²) < 4.78 is 0. The Balaban J connectivity index is 1.97. The maximum absolute atomic E-state index is 5.97. The summed E-state index contributed by atoms with van der Waals surface area (Å²) in [5.74, 6) is 0.445. The molecule has 18 heavy (non-hydrogen) atoms. The number of hydrogen-bond acceptors (Lipinski definition) is 1. The van der Waals surface area contributed by atoms with Gasteiger partial charge in [-0.3, -0.25) is 0 Å². The van der Waals surface area contributed by atoms with Crippen molar-refractivity contribution in [2.45, 2.75) is 12.8 Å². The molecule has 2 rings (SSSR count). The van der Waals surface area contributed by atoms with Gasteiger partial charge in [0.2, 0.25) is 0 Å². The lowest BCUT2D eigenvalue weighted by Crippen LogP contribution is -2.09. The molecule has 0 saturated carbocycles. The molecular formula is C15H15Cl2N. The van der Waals surface area contributed by atoms with Crippen molar-refractivity contribution in [2.24, 2.45) is 0 Å². The highest BCUT2D eigenvalue weighted by Gasteiger charge is 2.05. The van der Waals surface area contributed by atoms with Crippen molar-refractivity contribution in [1.29, 1.82) is 0 Å². The van der Waals surface area contributed by atoms with Crippen LogP contribution in [-0.4, -0.2) is 6.54 Å². The summed E-state index contributed by atoms with van der Waals surface area (Å²) in [4.78, 5) is 0. The Morgan fingerprint density at radius 1 is 1.00 bits per heavy atom. The van der Waals surface area contributed by atoms with Gasteiger partial charge in [-0.05, 0) is 29.7 Å². The van der Waals surface area contributed by atoms with E-state index in [4.69, 9.17) is 23.2 Å². The van der Waals surface area contributed by atoms with Crippen LogP contribution in [0, 0.1) is 0 Å². The molecule has 0 aliphatic heterocycles. The third-order valence-corrected chi connectivity index (χ3v) is 3.64. The van der Waals surface area contributed by atoms with Crippen LogP contribution >= 0.6 is 23.2 Å². The Morgan fingerprint density at radius 3 is 2.39 bits per heavy atom. The minimum Gasteiger partial charge on any atom is -0.384 e. The van der Waals surface area contributed by atoms with E-state index in [1.54, 1.807) is 6.07 Å². The highest BCUT2D eigenvalue weighted by molar-refractivity contribution is 6.42. The predicted octanol–water partition coefficient (Wildman–Crippen LogP) is 5.21. The molecule has 0 heterocycles. The van der Waals surface area contributed by atoms with Crippen LogP contribution in [0.1, 0.15) is 18.4 Å². The SMILES string of the molecule is CC(CNc1ccc(Cl)c(Cl)c1)c1ccccc1. The van der Waals surface area contributed by atoms with Gasteiger partial charge in [-0.2, -0.15) is 0 Å². The molecule has 0 aromatic heterocycles. The molecule has 0 bridgehead atoms. The zero-order valence-electron chi connectivity index (χ0n) is 10.2. The molecule has 1 nitrogen and oxygen atoms in total. The number of halogens is 2. The highest BCUT2D eigenvalue weighted by atomic mass is 35.5. The van der Waals surface area contributed by atoms with Gasteiger partial charge in [-0.1, -0.05) is 60.5 Å². The Hall–Kier alpha value is -1.18. The average molecular weight is 280 g/mol. The summed E-state index contributed by atoms with van der Waals surface area (Å²) in [6, 6.07) is 16.0. The van der Waals surface area contributed by atoms with Crippen LogP contribution in [0.4, 0.5) is 5.69 Å². The van der Waals surface area contributed by atoms with E-state index in [-0.39, 0.29) is 0 Å². The minimum atomic E-state index is 0.445. The first-order valence-electron chi connectivity index (χ1n) is 5.90. The van der Waals surface area contributed by atoms with Gasteiger partial charge in [-0.15, -0.1) is 0 Å². The monoisotopic (exact) mass is 279 g/mol. The molecule has 0 saturated heterocycles. The van der Waals surface area contributed by atoms with Crippen LogP contribution in [0.5, 0.6) is 0 Å². The van der Waals surface area contributed by atoms with Gasteiger partial charge in [0.25, 0.3) is 0 Å². The number of benzene rings is 2. The fourth-order valence-electron chi connectivity index (χ4n) is 1.78. The molecule has 0 aliphatic carbocycles. The zero-order valence-corrected chi connectivity index (χ0v) is 11.7. The van der Waals surface area contributed by atoms with Crippen LogP contribution in [0.15, 0.2) is 48.5 Å². The van der Waals surface area contributed by atoms with Crippen LogP contribution in [0.25, 0.3) is 0 Å². The van der Waals surface area contributed by atoms with E-state index < -0.39 is 0 Å². The van der Waals surface area contributed by atoms with Crippen molar-refractivity contribution in [2.75, 3.05) is 11.9 Å². The van der Waals surface area contributed by atoms with E-state index in [0.29, 0.717) is 16.0 Å². The van der Waals surface area contributed by atoms with E-state index in [2.05, 4.69) is 36.5 Å². The third kappa shape index (κ3) is 3.41. The molecule has 0 spiro atoms. The molecule has 3 heteroatoms. The second-order valence-corrected chi connectivity index (χ2v) is 5.14. The minimum absolute atomic E-state index is 0.445. The molecule has 0 amide bonds. The summed E-state index contributed by atoms with van der Waals surface area (Å²) in [6.45, 7) is 3.06. The first kappa shape index (κ1) is 13.3. The first-order chi connectivity index (χ1) is 8.66. The lowest BCUT2D eigenvalue weighted by atomic mass is 10.0. The average Bonchev–Trinajstić information content (AvgIpc) is 2.41. The van der Waals surface area contributed by atoms with Crippen molar-refractivity contribution < 1.29 is 0 Å².